The molecule has 1 saturated heterocycles. The van der Waals surface area contributed by atoms with Gasteiger partial charge in [-0.2, -0.15) is 0 Å². The minimum Gasteiger partial charge on any atom is -0.492 e. The van der Waals surface area contributed by atoms with Crippen LogP contribution in [0.3, 0.4) is 0 Å². The van der Waals surface area contributed by atoms with Crippen LogP contribution in [0.2, 0.25) is 0 Å². The van der Waals surface area contributed by atoms with E-state index in [-0.39, 0.29) is 0 Å². The van der Waals surface area contributed by atoms with E-state index >= 15 is 0 Å². The van der Waals surface area contributed by atoms with Gasteiger partial charge in [-0.05, 0) is 116 Å². The van der Waals surface area contributed by atoms with Gasteiger partial charge in [0.05, 0.1) is 0 Å². The Morgan fingerprint density at radius 2 is 1.55 bits per heavy atom. The molecule has 3 nitrogen and oxygen atoms in total. The molecule has 1 N–H and O–H groups in total. The SMILES string of the molecule is c1ccc2c(Cc3ccc(OCCN4CCCC4)cc3)c(-c3ccc(CCNCC4CCCCC4)cc3)sc2c1. The lowest BCUT2D eigenvalue weighted by Crippen LogP contribution is -2.26. The van der Waals surface area contributed by atoms with Gasteiger partial charge in [-0.15, -0.1) is 11.3 Å². The fourth-order valence-electron chi connectivity index (χ4n) is 6.47. The number of thiophene rings is 1. The smallest absolute Gasteiger partial charge is 0.119 e. The van der Waals surface area contributed by atoms with Gasteiger partial charge in [0.25, 0.3) is 0 Å². The predicted octanol–water partition coefficient (Wildman–Crippen LogP) is 8.35. The molecule has 1 aliphatic carbocycles. The van der Waals surface area contributed by atoms with Crippen molar-refractivity contribution in [2.24, 2.45) is 5.92 Å². The minimum atomic E-state index is 0.769. The normalized spacial score (nSPS) is 16.6. The maximum atomic E-state index is 6.05. The molecule has 4 heteroatoms. The predicted molar refractivity (Wildman–Crippen MR) is 171 cm³/mol. The molecule has 1 saturated carbocycles. The number of nitrogens with zero attached hydrogens (tertiary/aromatic N) is 1. The van der Waals surface area contributed by atoms with Gasteiger partial charge in [0.2, 0.25) is 0 Å². The summed E-state index contributed by atoms with van der Waals surface area (Å²) in [5.74, 6) is 1.87. The quantitative estimate of drug-likeness (QED) is 0.179. The third-order valence-corrected chi connectivity index (χ3v) is 10.1. The molecule has 0 amide bonds. The van der Waals surface area contributed by atoms with Crippen molar-refractivity contribution in [3.8, 4) is 16.2 Å². The highest BCUT2D eigenvalue weighted by molar-refractivity contribution is 7.22. The summed E-state index contributed by atoms with van der Waals surface area (Å²) >= 11 is 1.92. The topological polar surface area (TPSA) is 24.5 Å². The summed E-state index contributed by atoms with van der Waals surface area (Å²) in [5, 5.41) is 5.10. The average molecular weight is 553 g/mol. The van der Waals surface area contributed by atoms with E-state index in [4.69, 9.17) is 4.74 Å². The van der Waals surface area contributed by atoms with Crippen LogP contribution in [-0.2, 0) is 12.8 Å². The molecular weight excluding hydrogens is 508 g/mol. The van der Waals surface area contributed by atoms with Crippen molar-refractivity contribution in [1.82, 2.24) is 10.2 Å². The number of ether oxygens (including phenoxy) is 1. The van der Waals surface area contributed by atoms with Crippen LogP contribution in [0.25, 0.3) is 20.5 Å². The van der Waals surface area contributed by atoms with Crippen molar-refractivity contribution < 1.29 is 4.74 Å². The molecule has 40 heavy (non-hydrogen) atoms. The molecule has 0 spiro atoms. The van der Waals surface area contributed by atoms with Crippen molar-refractivity contribution in [2.75, 3.05) is 39.3 Å². The van der Waals surface area contributed by atoms with E-state index in [0.29, 0.717) is 0 Å². The summed E-state index contributed by atoms with van der Waals surface area (Å²) in [7, 11) is 0. The lowest BCUT2D eigenvalue weighted by molar-refractivity contribution is 0.238. The monoisotopic (exact) mass is 552 g/mol. The van der Waals surface area contributed by atoms with Crippen LogP contribution < -0.4 is 10.1 Å². The maximum Gasteiger partial charge on any atom is 0.119 e. The van der Waals surface area contributed by atoms with E-state index in [9.17, 15) is 0 Å². The molecule has 0 radical (unpaired) electrons. The van der Waals surface area contributed by atoms with Crippen molar-refractivity contribution in [3.63, 3.8) is 0 Å². The molecule has 6 rings (SSSR count). The summed E-state index contributed by atoms with van der Waals surface area (Å²) in [6.07, 6.45) is 11.8. The number of nitrogens with one attached hydrogen (secondary N) is 1. The molecule has 0 atom stereocenters. The van der Waals surface area contributed by atoms with E-state index < -0.39 is 0 Å². The Balaban J connectivity index is 1.09. The van der Waals surface area contributed by atoms with Crippen LogP contribution in [0.15, 0.2) is 72.8 Å². The Morgan fingerprint density at radius 3 is 2.35 bits per heavy atom. The third kappa shape index (κ3) is 7.15. The molecule has 0 unspecified atom stereocenters. The standard InChI is InChI=1S/C36H44N2OS/c1-2-8-30(9-3-1)27-37-21-20-28-12-16-31(17-13-28)36-34(33-10-4-5-11-35(33)40-36)26-29-14-18-32(19-15-29)39-25-24-38-22-6-7-23-38/h4-5,10-19,30,37H,1-3,6-9,20-27H2. The summed E-state index contributed by atoms with van der Waals surface area (Å²) in [6, 6.07) is 27.0. The molecule has 0 bridgehead atoms. The lowest BCUT2D eigenvalue weighted by Gasteiger charge is -2.21. The van der Waals surface area contributed by atoms with Crippen LogP contribution in [0.1, 0.15) is 61.6 Å². The Hall–Kier alpha value is -2.66. The molecule has 1 aliphatic heterocycles. The highest BCUT2D eigenvalue weighted by atomic mass is 32.1. The maximum absolute atomic E-state index is 6.05. The van der Waals surface area contributed by atoms with Crippen molar-refractivity contribution in [1.29, 1.82) is 0 Å². The van der Waals surface area contributed by atoms with Gasteiger partial charge in [0.15, 0.2) is 0 Å². The number of benzene rings is 3. The van der Waals surface area contributed by atoms with Crippen LogP contribution in [0.5, 0.6) is 5.75 Å². The zero-order valence-corrected chi connectivity index (χ0v) is 24.7. The van der Waals surface area contributed by atoms with Gasteiger partial charge < -0.3 is 10.1 Å². The van der Waals surface area contributed by atoms with Gasteiger partial charge in [-0.3, -0.25) is 4.90 Å². The molecule has 1 aromatic heterocycles. The first-order chi connectivity index (χ1) is 19.8. The highest BCUT2D eigenvalue weighted by Gasteiger charge is 2.16. The highest BCUT2D eigenvalue weighted by Crippen LogP contribution is 2.40. The van der Waals surface area contributed by atoms with Gasteiger partial charge in [0.1, 0.15) is 12.4 Å². The van der Waals surface area contributed by atoms with E-state index in [1.807, 2.05) is 11.3 Å². The number of likely N-dealkylation sites (tertiary alicyclic amines) is 1. The Labute approximate surface area is 244 Å². The fourth-order valence-corrected chi connectivity index (χ4v) is 7.69. The van der Waals surface area contributed by atoms with Crippen molar-refractivity contribution >= 4 is 21.4 Å². The zero-order chi connectivity index (χ0) is 27.0. The van der Waals surface area contributed by atoms with Crippen LogP contribution in [-0.4, -0.2) is 44.2 Å². The Bertz CT molecular complexity index is 1330. The molecule has 210 valence electrons. The lowest BCUT2D eigenvalue weighted by atomic mass is 9.89. The zero-order valence-electron chi connectivity index (χ0n) is 23.9. The Kier molecular flexibility index (Phi) is 9.49. The Morgan fingerprint density at radius 1 is 0.800 bits per heavy atom. The number of hydrogen-bond donors (Lipinski definition) is 1. The van der Waals surface area contributed by atoms with Crippen molar-refractivity contribution in [2.45, 2.75) is 57.8 Å². The molecule has 2 fully saturated rings. The van der Waals surface area contributed by atoms with E-state index in [1.165, 1.54) is 102 Å². The first-order valence-electron chi connectivity index (χ1n) is 15.6. The minimum absolute atomic E-state index is 0.769. The fraction of sp³-hybridized carbons (Fsp3) is 0.444. The molecule has 4 aromatic rings. The molecular formula is C36H44N2OS. The molecule has 3 aromatic carbocycles. The van der Waals surface area contributed by atoms with Crippen LogP contribution in [0.4, 0.5) is 0 Å². The number of rotatable bonds is 12. The number of fused-ring (bicyclic) bond motifs is 1. The van der Waals surface area contributed by atoms with Gasteiger partial charge in [0, 0.05) is 16.1 Å². The van der Waals surface area contributed by atoms with E-state index in [1.54, 1.807) is 0 Å². The first-order valence-corrected chi connectivity index (χ1v) is 16.4. The van der Waals surface area contributed by atoms with Crippen LogP contribution >= 0.6 is 11.3 Å². The number of hydrogen-bond acceptors (Lipinski definition) is 4. The summed E-state index contributed by atoms with van der Waals surface area (Å²) in [4.78, 5) is 3.90. The summed E-state index contributed by atoms with van der Waals surface area (Å²) in [5.41, 5.74) is 5.52. The van der Waals surface area contributed by atoms with E-state index in [2.05, 4.69) is 83.0 Å². The van der Waals surface area contributed by atoms with E-state index in [0.717, 1.165) is 44.2 Å². The van der Waals surface area contributed by atoms with Crippen molar-refractivity contribution in [3.05, 3.63) is 89.5 Å². The van der Waals surface area contributed by atoms with Crippen LogP contribution in [0, 0.1) is 5.92 Å². The third-order valence-electron chi connectivity index (χ3n) is 8.84. The molecule has 2 aliphatic rings. The van der Waals surface area contributed by atoms with Gasteiger partial charge in [-0.25, -0.2) is 0 Å². The second kappa shape index (κ2) is 13.8. The largest absolute Gasteiger partial charge is 0.492 e. The average Bonchev–Trinajstić information content (AvgIpc) is 3.66. The second-order valence-corrected chi connectivity index (χ2v) is 12.8. The summed E-state index contributed by atoms with van der Waals surface area (Å²) in [6.45, 7) is 6.50. The van der Waals surface area contributed by atoms with Gasteiger partial charge in [-0.1, -0.05) is 73.9 Å². The van der Waals surface area contributed by atoms with Gasteiger partial charge >= 0.3 is 0 Å². The first kappa shape index (κ1) is 27.5. The second-order valence-electron chi connectivity index (χ2n) is 11.8. The summed E-state index contributed by atoms with van der Waals surface area (Å²) < 4.78 is 7.42. The molecule has 2 heterocycles.